The highest BCUT2D eigenvalue weighted by atomic mass is 32.2. The van der Waals surface area contributed by atoms with Gasteiger partial charge < -0.3 is 0 Å². The zero-order valence-corrected chi connectivity index (χ0v) is 14.6. The van der Waals surface area contributed by atoms with Crippen LogP contribution in [0.5, 0.6) is 0 Å². The standard InChI is InChI=1S/C15H25N3O3S/c1-11(2)10-14(15(19)16-18(4)5)17-22(20,21)13-8-6-12(3)7-9-13/h6-9,11,14,17H,10H2,1-5H3,(H,16,19)/t14-/m0/s1. The van der Waals surface area contributed by atoms with Gasteiger partial charge in [0.05, 0.1) is 4.90 Å². The van der Waals surface area contributed by atoms with E-state index < -0.39 is 16.1 Å². The zero-order valence-electron chi connectivity index (χ0n) is 13.8. The first-order valence-corrected chi connectivity index (χ1v) is 8.67. The van der Waals surface area contributed by atoms with Crippen LogP contribution in [0.25, 0.3) is 0 Å². The van der Waals surface area contributed by atoms with Gasteiger partial charge in [-0.05, 0) is 31.4 Å². The summed E-state index contributed by atoms with van der Waals surface area (Å²) in [5.74, 6) is -0.187. The summed E-state index contributed by atoms with van der Waals surface area (Å²) in [5.41, 5.74) is 3.57. The summed E-state index contributed by atoms with van der Waals surface area (Å²) < 4.78 is 27.3. The molecule has 6 nitrogen and oxygen atoms in total. The van der Waals surface area contributed by atoms with Gasteiger partial charge in [0.2, 0.25) is 10.0 Å². The molecule has 1 rings (SSSR count). The molecule has 1 amide bonds. The Morgan fingerprint density at radius 1 is 1.18 bits per heavy atom. The number of aryl methyl sites for hydroxylation is 1. The van der Waals surface area contributed by atoms with Crippen LogP contribution in [0.1, 0.15) is 25.8 Å². The fraction of sp³-hybridized carbons (Fsp3) is 0.533. The van der Waals surface area contributed by atoms with Gasteiger partial charge in [0.25, 0.3) is 5.91 Å². The first kappa shape index (κ1) is 18.6. The molecule has 0 bridgehead atoms. The molecule has 0 heterocycles. The minimum atomic E-state index is -3.73. The summed E-state index contributed by atoms with van der Waals surface area (Å²) in [6.07, 6.45) is 0.421. The second-order valence-corrected chi connectivity index (χ2v) is 7.70. The third kappa shape index (κ3) is 5.75. The minimum absolute atomic E-state index is 0.157. The third-order valence-electron chi connectivity index (χ3n) is 2.99. The van der Waals surface area contributed by atoms with Crippen LogP contribution in [0.2, 0.25) is 0 Å². The number of hydrogen-bond donors (Lipinski definition) is 2. The smallest absolute Gasteiger partial charge is 0.252 e. The van der Waals surface area contributed by atoms with Gasteiger partial charge >= 0.3 is 0 Å². The van der Waals surface area contributed by atoms with Crippen LogP contribution < -0.4 is 10.1 Å². The van der Waals surface area contributed by atoms with Crippen molar-refractivity contribution in [2.24, 2.45) is 5.92 Å². The fourth-order valence-electron chi connectivity index (χ4n) is 1.95. The Bertz CT molecular complexity index is 595. The molecule has 2 N–H and O–H groups in total. The van der Waals surface area contributed by atoms with Gasteiger partial charge in [-0.2, -0.15) is 4.72 Å². The molecule has 0 aromatic heterocycles. The summed E-state index contributed by atoms with van der Waals surface area (Å²) in [6, 6.07) is 5.72. The topological polar surface area (TPSA) is 78.5 Å². The molecular formula is C15H25N3O3S. The maximum absolute atomic E-state index is 12.4. The van der Waals surface area contributed by atoms with E-state index in [2.05, 4.69) is 10.1 Å². The average molecular weight is 327 g/mol. The Balaban J connectivity index is 2.96. The van der Waals surface area contributed by atoms with Gasteiger partial charge in [-0.3, -0.25) is 10.2 Å². The molecule has 1 aromatic carbocycles. The molecule has 0 saturated heterocycles. The highest BCUT2D eigenvalue weighted by molar-refractivity contribution is 7.89. The summed E-state index contributed by atoms with van der Waals surface area (Å²) in [4.78, 5) is 12.3. The summed E-state index contributed by atoms with van der Waals surface area (Å²) >= 11 is 0. The molecule has 0 unspecified atom stereocenters. The Labute approximate surface area is 132 Å². The molecule has 0 aliphatic heterocycles. The number of nitrogens with zero attached hydrogens (tertiary/aromatic N) is 1. The Morgan fingerprint density at radius 2 is 1.73 bits per heavy atom. The summed E-state index contributed by atoms with van der Waals surface area (Å²) in [5, 5.41) is 1.50. The van der Waals surface area contributed by atoms with Crippen molar-refractivity contribution in [3.8, 4) is 0 Å². The molecule has 0 aliphatic rings. The molecule has 124 valence electrons. The van der Waals surface area contributed by atoms with E-state index in [1.807, 2.05) is 20.8 Å². The van der Waals surface area contributed by atoms with E-state index in [9.17, 15) is 13.2 Å². The van der Waals surface area contributed by atoms with E-state index in [1.165, 1.54) is 17.1 Å². The molecule has 22 heavy (non-hydrogen) atoms. The van der Waals surface area contributed by atoms with Gasteiger partial charge in [0.1, 0.15) is 6.04 Å². The molecule has 1 atom stereocenters. The lowest BCUT2D eigenvalue weighted by atomic mass is 10.0. The van der Waals surface area contributed by atoms with Crippen LogP contribution >= 0.6 is 0 Å². The maximum Gasteiger partial charge on any atom is 0.252 e. The van der Waals surface area contributed by atoms with Crippen molar-refractivity contribution in [1.29, 1.82) is 0 Å². The Morgan fingerprint density at radius 3 is 2.18 bits per heavy atom. The molecule has 0 fully saturated rings. The van der Waals surface area contributed by atoms with E-state index in [-0.39, 0.29) is 16.7 Å². The lowest BCUT2D eigenvalue weighted by Crippen LogP contribution is -2.50. The van der Waals surface area contributed by atoms with E-state index in [0.29, 0.717) is 6.42 Å². The molecular weight excluding hydrogens is 302 g/mol. The monoisotopic (exact) mass is 327 g/mol. The third-order valence-corrected chi connectivity index (χ3v) is 4.47. The number of hydrazine groups is 1. The number of rotatable bonds is 7. The second-order valence-electron chi connectivity index (χ2n) is 5.99. The first-order chi connectivity index (χ1) is 10.1. The number of sulfonamides is 1. The fourth-order valence-corrected chi connectivity index (χ4v) is 3.16. The van der Waals surface area contributed by atoms with Crippen molar-refractivity contribution in [3.05, 3.63) is 29.8 Å². The van der Waals surface area contributed by atoms with Gasteiger partial charge in [-0.25, -0.2) is 13.4 Å². The van der Waals surface area contributed by atoms with Crippen molar-refractivity contribution < 1.29 is 13.2 Å². The van der Waals surface area contributed by atoms with Crippen molar-refractivity contribution in [1.82, 2.24) is 15.2 Å². The average Bonchev–Trinajstić information content (AvgIpc) is 2.36. The largest absolute Gasteiger partial charge is 0.288 e. The van der Waals surface area contributed by atoms with Gasteiger partial charge in [0.15, 0.2) is 0 Å². The van der Waals surface area contributed by atoms with Crippen molar-refractivity contribution in [2.45, 2.75) is 38.1 Å². The molecule has 0 saturated carbocycles. The van der Waals surface area contributed by atoms with Crippen molar-refractivity contribution in [3.63, 3.8) is 0 Å². The zero-order chi connectivity index (χ0) is 16.9. The summed E-state index contributed by atoms with van der Waals surface area (Å²) in [7, 11) is -0.373. The molecule has 0 spiro atoms. The number of benzene rings is 1. The van der Waals surface area contributed by atoms with Crippen LogP contribution in [0.3, 0.4) is 0 Å². The van der Waals surface area contributed by atoms with Crippen LogP contribution in [-0.4, -0.2) is 39.5 Å². The predicted molar refractivity (Wildman–Crippen MR) is 86.6 cm³/mol. The quantitative estimate of drug-likeness (QED) is 0.740. The first-order valence-electron chi connectivity index (χ1n) is 7.18. The molecule has 0 aliphatic carbocycles. The molecule has 0 radical (unpaired) electrons. The Kier molecular flexibility index (Phi) is 6.52. The Hall–Kier alpha value is -1.44. The van der Waals surface area contributed by atoms with E-state index in [1.54, 1.807) is 26.2 Å². The predicted octanol–water partition coefficient (Wildman–Crippen LogP) is 1.28. The number of carbonyl (C=O) groups excluding carboxylic acids is 1. The van der Waals surface area contributed by atoms with Gasteiger partial charge in [0, 0.05) is 14.1 Å². The maximum atomic E-state index is 12.4. The minimum Gasteiger partial charge on any atom is -0.288 e. The van der Waals surface area contributed by atoms with Crippen LogP contribution in [0, 0.1) is 12.8 Å². The number of hydrogen-bond acceptors (Lipinski definition) is 4. The SMILES string of the molecule is Cc1ccc(S(=O)(=O)N[C@@H](CC(C)C)C(=O)NN(C)C)cc1. The van der Waals surface area contributed by atoms with Gasteiger partial charge in [-0.15, -0.1) is 0 Å². The normalized spacial score (nSPS) is 13.4. The number of nitrogens with one attached hydrogen (secondary N) is 2. The molecule has 7 heteroatoms. The van der Waals surface area contributed by atoms with E-state index in [0.717, 1.165) is 5.56 Å². The highest BCUT2D eigenvalue weighted by Crippen LogP contribution is 2.13. The number of carbonyl (C=O) groups is 1. The second kappa shape index (κ2) is 7.71. The van der Waals surface area contributed by atoms with Crippen LogP contribution in [0.4, 0.5) is 0 Å². The van der Waals surface area contributed by atoms with E-state index >= 15 is 0 Å². The lowest BCUT2D eigenvalue weighted by molar-refractivity contribution is -0.126. The van der Waals surface area contributed by atoms with Crippen LogP contribution in [-0.2, 0) is 14.8 Å². The van der Waals surface area contributed by atoms with E-state index in [4.69, 9.17) is 0 Å². The lowest BCUT2D eigenvalue weighted by Gasteiger charge is -2.22. The van der Waals surface area contributed by atoms with Gasteiger partial charge in [-0.1, -0.05) is 31.5 Å². The summed E-state index contributed by atoms with van der Waals surface area (Å²) in [6.45, 7) is 5.77. The molecule has 1 aromatic rings. The van der Waals surface area contributed by atoms with Crippen LogP contribution in [0.15, 0.2) is 29.2 Å². The number of amides is 1. The van der Waals surface area contributed by atoms with Crippen molar-refractivity contribution in [2.75, 3.05) is 14.1 Å². The van der Waals surface area contributed by atoms with Crippen molar-refractivity contribution >= 4 is 15.9 Å². The highest BCUT2D eigenvalue weighted by Gasteiger charge is 2.26.